The SMILES string of the molecule is O=C1COP(=O)(Cl)O1. The van der Waals surface area contributed by atoms with Crippen molar-refractivity contribution < 1.29 is 18.4 Å². The second kappa shape index (κ2) is 1.72. The van der Waals surface area contributed by atoms with Gasteiger partial charge in [0.25, 0.3) is 0 Å². The van der Waals surface area contributed by atoms with E-state index in [1.54, 1.807) is 0 Å². The summed E-state index contributed by atoms with van der Waals surface area (Å²) in [5.41, 5.74) is 0. The Kier molecular flexibility index (Phi) is 1.31. The lowest BCUT2D eigenvalue weighted by Gasteiger charge is -1.92. The minimum absolute atomic E-state index is 0.305. The Morgan fingerprint density at radius 2 is 2.38 bits per heavy atom. The van der Waals surface area contributed by atoms with E-state index in [2.05, 4.69) is 9.05 Å². The molecule has 1 fully saturated rings. The molecule has 0 radical (unpaired) electrons. The number of rotatable bonds is 0. The molecule has 0 N–H and O–H groups in total. The maximum absolute atomic E-state index is 10.3. The van der Waals surface area contributed by atoms with Gasteiger partial charge in [0, 0.05) is 11.2 Å². The number of carbonyl (C=O) groups is 1. The second-order valence-corrected chi connectivity index (χ2v) is 3.71. The molecule has 0 aromatic rings. The zero-order valence-corrected chi connectivity index (χ0v) is 5.32. The zero-order valence-electron chi connectivity index (χ0n) is 3.67. The van der Waals surface area contributed by atoms with Crippen LogP contribution in [0, 0.1) is 0 Å². The average Bonchev–Trinajstić information content (AvgIpc) is 1.82. The highest BCUT2D eigenvalue weighted by Gasteiger charge is 2.33. The van der Waals surface area contributed by atoms with Gasteiger partial charge >= 0.3 is 12.9 Å². The summed E-state index contributed by atoms with van der Waals surface area (Å²) in [6, 6.07) is 0. The molecule has 6 heteroatoms. The van der Waals surface area contributed by atoms with E-state index in [-0.39, 0.29) is 6.61 Å². The van der Waals surface area contributed by atoms with Gasteiger partial charge in [-0.1, -0.05) is 0 Å². The molecular weight excluding hydrogens is 154 g/mol. The van der Waals surface area contributed by atoms with Gasteiger partial charge in [-0.05, 0) is 0 Å². The number of halogens is 1. The third-order valence-electron chi connectivity index (χ3n) is 0.547. The van der Waals surface area contributed by atoms with Crippen molar-refractivity contribution in [2.45, 2.75) is 0 Å². The summed E-state index contributed by atoms with van der Waals surface area (Å²) in [5.74, 6) is -0.677. The molecule has 0 aromatic heterocycles. The Bertz CT molecular complexity index is 165. The topological polar surface area (TPSA) is 52.6 Å². The van der Waals surface area contributed by atoms with Crippen LogP contribution in [0.3, 0.4) is 0 Å². The average molecular weight is 156 g/mol. The van der Waals surface area contributed by atoms with Gasteiger partial charge < -0.3 is 4.52 Å². The smallest absolute Gasteiger partial charge is 0.378 e. The molecule has 1 unspecified atom stereocenters. The molecule has 0 amide bonds. The van der Waals surface area contributed by atoms with Crippen LogP contribution < -0.4 is 0 Å². The molecule has 8 heavy (non-hydrogen) atoms. The molecular formula is C2H2ClO4P. The quantitative estimate of drug-likeness (QED) is 0.489. The van der Waals surface area contributed by atoms with Crippen molar-refractivity contribution in [3.8, 4) is 0 Å². The van der Waals surface area contributed by atoms with Crippen LogP contribution in [0.25, 0.3) is 0 Å². The second-order valence-electron chi connectivity index (χ2n) is 1.17. The minimum Gasteiger partial charge on any atom is -0.378 e. The molecule has 1 rings (SSSR count). The Balaban J connectivity index is 2.70. The molecule has 4 nitrogen and oxygen atoms in total. The zero-order chi connectivity index (χ0) is 6.20. The van der Waals surface area contributed by atoms with Gasteiger partial charge in [-0.3, -0.25) is 4.52 Å². The summed E-state index contributed by atoms with van der Waals surface area (Å²) in [5, 5.41) is 0. The molecule has 1 aliphatic heterocycles. The molecule has 1 heterocycles. The van der Waals surface area contributed by atoms with Crippen molar-refractivity contribution in [2.75, 3.05) is 6.61 Å². The maximum Gasteiger partial charge on any atom is 0.479 e. The van der Waals surface area contributed by atoms with Gasteiger partial charge in [0.1, 0.15) is 0 Å². The van der Waals surface area contributed by atoms with E-state index in [9.17, 15) is 9.36 Å². The molecule has 1 saturated heterocycles. The molecule has 46 valence electrons. The van der Waals surface area contributed by atoms with Crippen LogP contribution in [0.2, 0.25) is 0 Å². The van der Waals surface area contributed by atoms with Crippen LogP contribution in [0.4, 0.5) is 0 Å². The first-order valence-electron chi connectivity index (χ1n) is 1.77. The Morgan fingerprint density at radius 3 is 2.50 bits per heavy atom. The predicted octanol–water partition coefficient (Wildman–Crippen LogP) is 0.907. The van der Waals surface area contributed by atoms with Crippen molar-refractivity contribution in [1.29, 1.82) is 0 Å². The van der Waals surface area contributed by atoms with Crippen molar-refractivity contribution in [3.63, 3.8) is 0 Å². The number of hydrogen-bond donors (Lipinski definition) is 0. The van der Waals surface area contributed by atoms with Crippen molar-refractivity contribution in [3.05, 3.63) is 0 Å². The fraction of sp³-hybridized carbons (Fsp3) is 0.500. The standard InChI is InChI=1S/C2H2ClO4P/c3-8(5)6-1-2(4)7-8/h1H2. The van der Waals surface area contributed by atoms with E-state index in [0.717, 1.165) is 0 Å². The summed E-state index contributed by atoms with van der Waals surface area (Å²) in [4.78, 5) is 10.1. The predicted molar refractivity (Wildman–Crippen MR) is 25.5 cm³/mol. The summed E-state index contributed by atoms with van der Waals surface area (Å²) >= 11 is 4.95. The highest BCUT2D eigenvalue weighted by molar-refractivity contribution is 7.82. The minimum atomic E-state index is -3.48. The third-order valence-corrected chi connectivity index (χ3v) is 1.91. The van der Waals surface area contributed by atoms with Crippen LogP contribution in [0.15, 0.2) is 0 Å². The molecule has 0 bridgehead atoms. The molecule has 0 saturated carbocycles. The van der Waals surface area contributed by atoms with E-state index >= 15 is 0 Å². The molecule has 1 atom stereocenters. The van der Waals surface area contributed by atoms with Crippen LogP contribution in [0.1, 0.15) is 0 Å². The van der Waals surface area contributed by atoms with Crippen LogP contribution in [0.5, 0.6) is 0 Å². The summed E-state index contributed by atoms with van der Waals surface area (Å²) in [6.45, 7) is -3.78. The molecule has 0 spiro atoms. The van der Waals surface area contributed by atoms with Crippen LogP contribution in [-0.4, -0.2) is 12.6 Å². The molecule has 1 aliphatic rings. The van der Waals surface area contributed by atoms with Crippen molar-refractivity contribution >= 4 is 24.2 Å². The van der Waals surface area contributed by atoms with Gasteiger partial charge in [0.2, 0.25) is 0 Å². The first-order chi connectivity index (χ1) is 3.60. The summed E-state index contributed by atoms with van der Waals surface area (Å²) in [7, 11) is 0. The van der Waals surface area contributed by atoms with Gasteiger partial charge in [0.15, 0.2) is 6.61 Å². The van der Waals surface area contributed by atoms with Crippen LogP contribution >= 0.6 is 18.2 Å². The van der Waals surface area contributed by atoms with E-state index < -0.39 is 12.9 Å². The number of carbonyl (C=O) groups excluding carboxylic acids is 1. The fourth-order valence-electron chi connectivity index (χ4n) is 0.304. The Morgan fingerprint density at radius 1 is 1.75 bits per heavy atom. The van der Waals surface area contributed by atoms with E-state index in [0.29, 0.717) is 0 Å². The Hall–Kier alpha value is -0.0500. The fourth-order valence-corrected chi connectivity index (χ4v) is 1.29. The Labute approximate surface area is 50.0 Å². The van der Waals surface area contributed by atoms with Crippen molar-refractivity contribution in [2.24, 2.45) is 0 Å². The normalized spacial score (nSPS) is 37.4. The van der Waals surface area contributed by atoms with Gasteiger partial charge in [-0.2, -0.15) is 0 Å². The van der Waals surface area contributed by atoms with E-state index in [1.165, 1.54) is 0 Å². The maximum atomic E-state index is 10.3. The van der Waals surface area contributed by atoms with E-state index in [4.69, 9.17) is 11.2 Å². The lowest BCUT2D eigenvalue weighted by Crippen LogP contribution is -1.94. The lowest BCUT2D eigenvalue weighted by molar-refractivity contribution is -0.132. The highest BCUT2D eigenvalue weighted by atomic mass is 35.7. The summed E-state index contributed by atoms with van der Waals surface area (Å²) in [6.07, 6.45) is 0. The summed E-state index contributed by atoms with van der Waals surface area (Å²) < 4.78 is 18.5. The third kappa shape index (κ3) is 1.22. The van der Waals surface area contributed by atoms with E-state index in [1.807, 2.05) is 0 Å². The van der Waals surface area contributed by atoms with Gasteiger partial charge in [-0.15, -0.1) is 0 Å². The van der Waals surface area contributed by atoms with Gasteiger partial charge in [0.05, 0.1) is 0 Å². The van der Waals surface area contributed by atoms with Gasteiger partial charge in [-0.25, -0.2) is 9.36 Å². The largest absolute Gasteiger partial charge is 0.479 e. The monoisotopic (exact) mass is 156 g/mol. The number of hydrogen-bond acceptors (Lipinski definition) is 4. The lowest BCUT2D eigenvalue weighted by atomic mass is 10.8. The van der Waals surface area contributed by atoms with Crippen molar-refractivity contribution in [1.82, 2.24) is 0 Å². The highest BCUT2D eigenvalue weighted by Crippen LogP contribution is 2.56. The molecule has 0 aliphatic carbocycles. The van der Waals surface area contributed by atoms with Crippen LogP contribution in [-0.2, 0) is 18.4 Å². The first-order valence-corrected chi connectivity index (χ1v) is 4.21. The first kappa shape index (κ1) is 6.08. The molecule has 0 aromatic carbocycles.